The van der Waals surface area contributed by atoms with Gasteiger partial charge in [0.2, 0.25) is 15.9 Å². The minimum Gasteiger partial charge on any atom is -0.497 e. The minimum atomic E-state index is -3.52. The van der Waals surface area contributed by atoms with Crippen molar-refractivity contribution in [3.8, 4) is 5.75 Å². The molecular weight excluding hydrogens is 410 g/mol. The molecule has 0 bridgehead atoms. The summed E-state index contributed by atoms with van der Waals surface area (Å²) in [6.45, 7) is 1.05. The molecule has 1 aromatic heterocycles. The van der Waals surface area contributed by atoms with Gasteiger partial charge in [-0.05, 0) is 29.8 Å². The molecule has 1 fully saturated rings. The normalized spacial score (nSPS) is 15.0. The van der Waals surface area contributed by atoms with Gasteiger partial charge in [0.25, 0.3) is 5.91 Å². The first kappa shape index (κ1) is 21.8. The van der Waals surface area contributed by atoms with Gasteiger partial charge < -0.3 is 19.4 Å². The Labute approximate surface area is 175 Å². The van der Waals surface area contributed by atoms with Gasteiger partial charge in [0, 0.05) is 32.7 Å². The molecular formula is C20H25N3O6S. The van der Waals surface area contributed by atoms with Crippen LogP contribution in [-0.2, 0) is 21.2 Å². The monoisotopic (exact) mass is 435 g/mol. The number of ether oxygens (including phenoxy) is 1. The molecule has 0 unspecified atom stereocenters. The first-order valence-electron chi connectivity index (χ1n) is 9.59. The highest BCUT2D eigenvalue weighted by Crippen LogP contribution is 2.13. The lowest BCUT2D eigenvalue weighted by Gasteiger charge is -2.33. The SMILES string of the molecule is COc1ccc(CC(=O)NCCS(=O)(=O)N2CCN(C(=O)c3ccco3)CC2)cc1. The van der Waals surface area contributed by atoms with E-state index in [1.165, 1.54) is 10.6 Å². The third kappa shape index (κ3) is 5.61. The molecule has 10 heteroatoms. The fourth-order valence-electron chi connectivity index (χ4n) is 3.17. The fourth-order valence-corrected chi connectivity index (χ4v) is 4.50. The predicted molar refractivity (Wildman–Crippen MR) is 110 cm³/mol. The van der Waals surface area contributed by atoms with Crippen molar-refractivity contribution in [2.24, 2.45) is 0 Å². The van der Waals surface area contributed by atoms with Crippen LogP contribution in [-0.4, -0.2) is 75.0 Å². The number of rotatable bonds is 8. The maximum atomic E-state index is 12.5. The molecule has 1 N–H and O–H groups in total. The first-order chi connectivity index (χ1) is 14.4. The van der Waals surface area contributed by atoms with Crippen molar-refractivity contribution in [1.82, 2.24) is 14.5 Å². The van der Waals surface area contributed by atoms with E-state index < -0.39 is 10.0 Å². The van der Waals surface area contributed by atoms with Gasteiger partial charge in [0.15, 0.2) is 5.76 Å². The van der Waals surface area contributed by atoms with Crippen LogP contribution in [0.15, 0.2) is 47.1 Å². The second kappa shape index (κ2) is 9.77. The zero-order chi connectivity index (χ0) is 21.6. The number of sulfonamides is 1. The van der Waals surface area contributed by atoms with E-state index in [0.717, 1.165) is 5.56 Å². The van der Waals surface area contributed by atoms with E-state index in [4.69, 9.17) is 9.15 Å². The Morgan fingerprint density at radius 3 is 2.40 bits per heavy atom. The number of carbonyl (C=O) groups is 2. The van der Waals surface area contributed by atoms with Gasteiger partial charge in [-0.3, -0.25) is 9.59 Å². The van der Waals surface area contributed by atoms with Gasteiger partial charge in [-0.15, -0.1) is 0 Å². The average Bonchev–Trinajstić information content (AvgIpc) is 3.28. The summed E-state index contributed by atoms with van der Waals surface area (Å²) in [4.78, 5) is 25.9. The Kier molecular flexibility index (Phi) is 7.11. The van der Waals surface area contributed by atoms with E-state index in [1.54, 1.807) is 48.4 Å². The standard InChI is InChI=1S/C20H25N3O6S/c1-28-17-6-4-16(5-7-17)15-19(24)21-8-14-30(26,27)23-11-9-22(10-12-23)20(25)18-3-2-13-29-18/h2-7,13H,8-12,14-15H2,1H3,(H,21,24). The fraction of sp³-hybridized carbons (Fsp3) is 0.400. The molecule has 1 aliphatic rings. The second-order valence-electron chi connectivity index (χ2n) is 6.86. The molecule has 2 amide bonds. The molecule has 3 rings (SSSR count). The van der Waals surface area contributed by atoms with E-state index in [-0.39, 0.29) is 49.4 Å². The van der Waals surface area contributed by atoms with Crippen LogP contribution in [0.2, 0.25) is 0 Å². The molecule has 1 saturated heterocycles. The van der Waals surface area contributed by atoms with E-state index in [0.29, 0.717) is 18.8 Å². The Hall–Kier alpha value is -2.85. The first-order valence-corrected chi connectivity index (χ1v) is 11.2. The van der Waals surface area contributed by atoms with Crippen molar-refractivity contribution in [3.63, 3.8) is 0 Å². The summed E-state index contributed by atoms with van der Waals surface area (Å²) in [6.07, 6.45) is 1.59. The van der Waals surface area contributed by atoms with E-state index >= 15 is 0 Å². The van der Waals surface area contributed by atoms with Crippen molar-refractivity contribution in [1.29, 1.82) is 0 Å². The smallest absolute Gasteiger partial charge is 0.289 e. The zero-order valence-corrected chi connectivity index (χ0v) is 17.6. The van der Waals surface area contributed by atoms with Crippen LogP contribution in [0.25, 0.3) is 0 Å². The van der Waals surface area contributed by atoms with Gasteiger partial charge in [0.05, 0.1) is 25.5 Å². The summed E-state index contributed by atoms with van der Waals surface area (Å²) in [6, 6.07) is 10.3. The van der Waals surface area contributed by atoms with Crippen molar-refractivity contribution in [3.05, 3.63) is 54.0 Å². The van der Waals surface area contributed by atoms with Crippen molar-refractivity contribution < 1.29 is 27.2 Å². The van der Waals surface area contributed by atoms with Gasteiger partial charge in [0.1, 0.15) is 5.75 Å². The minimum absolute atomic E-state index is 0.0306. The largest absolute Gasteiger partial charge is 0.497 e. The number of hydrogen-bond acceptors (Lipinski definition) is 6. The van der Waals surface area contributed by atoms with Crippen LogP contribution in [0.4, 0.5) is 0 Å². The average molecular weight is 436 g/mol. The highest BCUT2D eigenvalue weighted by atomic mass is 32.2. The topological polar surface area (TPSA) is 109 Å². The number of nitrogens with zero attached hydrogens (tertiary/aromatic N) is 2. The lowest BCUT2D eigenvalue weighted by Crippen LogP contribution is -2.51. The van der Waals surface area contributed by atoms with Crippen LogP contribution < -0.4 is 10.1 Å². The molecule has 2 aromatic rings. The maximum Gasteiger partial charge on any atom is 0.289 e. The van der Waals surface area contributed by atoms with Crippen LogP contribution >= 0.6 is 0 Å². The van der Waals surface area contributed by atoms with Crippen LogP contribution in [0.1, 0.15) is 16.1 Å². The molecule has 0 radical (unpaired) electrons. The Bertz CT molecular complexity index is 949. The molecule has 0 saturated carbocycles. The number of carbonyl (C=O) groups excluding carboxylic acids is 2. The van der Waals surface area contributed by atoms with Gasteiger partial charge >= 0.3 is 0 Å². The molecule has 0 atom stereocenters. The molecule has 30 heavy (non-hydrogen) atoms. The summed E-state index contributed by atoms with van der Waals surface area (Å²) in [5.41, 5.74) is 0.813. The Balaban J connectivity index is 1.41. The molecule has 0 aliphatic carbocycles. The Morgan fingerprint density at radius 2 is 1.80 bits per heavy atom. The lowest BCUT2D eigenvalue weighted by atomic mass is 10.1. The number of furan rings is 1. The number of nitrogens with one attached hydrogen (secondary N) is 1. The zero-order valence-electron chi connectivity index (χ0n) is 16.7. The number of piperazine rings is 1. The molecule has 162 valence electrons. The number of amides is 2. The number of methoxy groups -OCH3 is 1. The lowest BCUT2D eigenvalue weighted by molar-refractivity contribution is -0.120. The van der Waals surface area contributed by atoms with Crippen LogP contribution in [0, 0.1) is 0 Å². The molecule has 2 heterocycles. The maximum absolute atomic E-state index is 12.5. The Morgan fingerprint density at radius 1 is 1.10 bits per heavy atom. The summed E-state index contributed by atoms with van der Waals surface area (Å²) >= 11 is 0. The summed E-state index contributed by atoms with van der Waals surface area (Å²) < 4.78 is 36.6. The summed E-state index contributed by atoms with van der Waals surface area (Å²) in [5.74, 6) is 0.266. The van der Waals surface area contributed by atoms with E-state index in [1.807, 2.05) is 0 Å². The third-order valence-corrected chi connectivity index (χ3v) is 6.73. The highest BCUT2D eigenvalue weighted by Gasteiger charge is 2.29. The van der Waals surface area contributed by atoms with Gasteiger partial charge in [-0.2, -0.15) is 4.31 Å². The third-order valence-electron chi connectivity index (χ3n) is 4.86. The van der Waals surface area contributed by atoms with Gasteiger partial charge in [-0.25, -0.2) is 8.42 Å². The summed E-state index contributed by atoms with van der Waals surface area (Å²) in [7, 11) is -1.95. The van der Waals surface area contributed by atoms with Crippen molar-refractivity contribution in [2.75, 3.05) is 45.6 Å². The van der Waals surface area contributed by atoms with Crippen LogP contribution in [0.3, 0.4) is 0 Å². The second-order valence-corrected chi connectivity index (χ2v) is 8.95. The van der Waals surface area contributed by atoms with Crippen molar-refractivity contribution in [2.45, 2.75) is 6.42 Å². The molecule has 9 nitrogen and oxygen atoms in total. The van der Waals surface area contributed by atoms with E-state index in [2.05, 4.69) is 5.32 Å². The number of hydrogen-bond donors (Lipinski definition) is 1. The summed E-state index contributed by atoms with van der Waals surface area (Å²) in [5, 5.41) is 2.65. The molecule has 1 aliphatic heterocycles. The molecule has 0 spiro atoms. The highest BCUT2D eigenvalue weighted by molar-refractivity contribution is 7.89. The van der Waals surface area contributed by atoms with E-state index in [9.17, 15) is 18.0 Å². The quantitative estimate of drug-likeness (QED) is 0.655. The number of benzene rings is 1. The predicted octanol–water partition coefficient (Wildman–Crippen LogP) is 0.735. The van der Waals surface area contributed by atoms with Crippen molar-refractivity contribution >= 4 is 21.8 Å². The molecule has 1 aromatic carbocycles. The van der Waals surface area contributed by atoms with Crippen LogP contribution in [0.5, 0.6) is 5.75 Å². The van der Waals surface area contributed by atoms with Gasteiger partial charge in [-0.1, -0.05) is 12.1 Å².